The minimum absolute atomic E-state index is 0.00937. The molecule has 2 aromatic rings. The third-order valence-electron chi connectivity index (χ3n) is 4.17. The first kappa shape index (κ1) is 17.0. The summed E-state index contributed by atoms with van der Waals surface area (Å²) in [5.74, 6) is -1.35. The highest BCUT2D eigenvalue weighted by Gasteiger charge is 2.31. The smallest absolute Gasteiger partial charge is 0.265 e. The lowest BCUT2D eigenvalue weighted by molar-refractivity contribution is -0.128. The molecule has 7 heteroatoms. The van der Waals surface area contributed by atoms with E-state index in [2.05, 4.69) is 5.32 Å². The zero-order valence-corrected chi connectivity index (χ0v) is 14.8. The van der Waals surface area contributed by atoms with Crippen LogP contribution in [-0.2, 0) is 9.59 Å². The largest absolute Gasteiger partial charge is 0.315 e. The number of benzene rings is 1. The number of halogens is 1. The quantitative estimate of drug-likeness (QED) is 0.510. The fourth-order valence-electron chi connectivity index (χ4n) is 2.84. The van der Waals surface area contributed by atoms with Crippen molar-refractivity contribution in [3.05, 3.63) is 58.7 Å². The number of hydrogen-bond donors (Lipinski definition) is 1. The number of rotatable bonds is 2. The summed E-state index contributed by atoms with van der Waals surface area (Å²) in [6.07, 6.45) is 1.51. The van der Waals surface area contributed by atoms with E-state index in [1.54, 1.807) is 22.8 Å². The third kappa shape index (κ3) is 2.87. The Morgan fingerprint density at radius 2 is 1.88 bits per heavy atom. The molecule has 1 N–H and O–H groups in total. The van der Waals surface area contributed by atoms with Crippen molar-refractivity contribution < 1.29 is 14.0 Å². The number of aromatic nitrogens is 1. The minimum Gasteiger partial charge on any atom is -0.315 e. The van der Waals surface area contributed by atoms with Crippen molar-refractivity contribution in [3.63, 3.8) is 0 Å². The van der Waals surface area contributed by atoms with Gasteiger partial charge in [0.2, 0.25) is 0 Å². The van der Waals surface area contributed by atoms with Gasteiger partial charge < -0.3 is 4.57 Å². The molecule has 0 aliphatic carbocycles. The molecular formula is C18H16FN3O2S. The number of para-hydroxylation sites is 1. The topological polar surface area (TPSA) is 54.3 Å². The summed E-state index contributed by atoms with van der Waals surface area (Å²) >= 11 is 4.93. The fourth-order valence-corrected chi connectivity index (χ4v) is 3.01. The van der Waals surface area contributed by atoms with Crippen LogP contribution in [-0.4, -0.2) is 33.4 Å². The van der Waals surface area contributed by atoms with Gasteiger partial charge in [0.15, 0.2) is 5.11 Å². The molecule has 25 heavy (non-hydrogen) atoms. The molecule has 0 radical (unpaired) electrons. The van der Waals surface area contributed by atoms with Gasteiger partial charge in [-0.25, -0.2) is 4.39 Å². The van der Waals surface area contributed by atoms with E-state index in [-0.39, 0.29) is 16.5 Å². The van der Waals surface area contributed by atoms with Gasteiger partial charge in [-0.15, -0.1) is 0 Å². The zero-order valence-electron chi connectivity index (χ0n) is 14.0. The van der Waals surface area contributed by atoms with E-state index in [1.807, 2.05) is 19.9 Å². The number of hydrogen-bond acceptors (Lipinski definition) is 3. The standard InChI is InChI=1S/C18H16FN3O2S/c1-10-8-12(9-13-16(23)20-18(25)21(3)17(13)24)11(2)22(10)15-7-5-4-6-14(15)19/h4-9H,1-3H3,(H,20,23,25)/b13-9-. The van der Waals surface area contributed by atoms with Crippen LogP contribution >= 0.6 is 12.2 Å². The number of likely N-dealkylation sites (N-methyl/N-ethyl adjacent to an activating group) is 1. The fraction of sp³-hybridized carbons (Fsp3) is 0.167. The lowest BCUT2D eigenvalue weighted by Crippen LogP contribution is -2.52. The Morgan fingerprint density at radius 3 is 2.56 bits per heavy atom. The maximum Gasteiger partial charge on any atom is 0.265 e. The number of nitrogens with zero attached hydrogens (tertiary/aromatic N) is 2. The Morgan fingerprint density at radius 1 is 1.20 bits per heavy atom. The van der Waals surface area contributed by atoms with Crippen molar-refractivity contribution in [2.45, 2.75) is 13.8 Å². The minimum atomic E-state index is -0.538. The molecule has 1 aliphatic heterocycles. The van der Waals surface area contributed by atoms with E-state index in [1.165, 1.54) is 24.1 Å². The van der Waals surface area contributed by atoms with E-state index >= 15 is 0 Å². The van der Waals surface area contributed by atoms with Crippen molar-refractivity contribution >= 4 is 35.2 Å². The number of carbonyl (C=O) groups is 2. The molecule has 0 atom stereocenters. The van der Waals surface area contributed by atoms with Crippen molar-refractivity contribution in [2.24, 2.45) is 0 Å². The Balaban J connectivity index is 2.10. The van der Waals surface area contributed by atoms with E-state index in [9.17, 15) is 14.0 Å². The SMILES string of the molecule is Cc1cc(/C=C2/C(=O)NC(=S)N(C)C2=O)c(C)n1-c1ccccc1F. The first-order valence-corrected chi connectivity index (χ1v) is 8.01. The Kier molecular flexibility index (Phi) is 4.26. The zero-order chi connectivity index (χ0) is 18.3. The maximum atomic E-state index is 14.1. The van der Waals surface area contributed by atoms with Crippen LogP contribution in [0.3, 0.4) is 0 Å². The molecule has 0 saturated carbocycles. The summed E-state index contributed by atoms with van der Waals surface area (Å²) in [5, 5.41) is 2.55. The molecule has 0 spiro atoms. The van der Waals surface area contributed by atoms with Gasteiger partial charge in [-0.1, -0.05) is 12.1 Å². The van der Waals surface area contributed by atoms with Crippen molar-refractivity contribution in [1.29, 1.82) is 0 Å². The average molecular weight is 357 g/mol. The molecule has 0 unspecified atom stereocenters. The molecule has 1 aliphatic rings. The van der Waals surface area contributed by atoms with Crippen LogP contribution in [0.5, 0.6) is 0 Å². The highest BCUT2D eigenvalue weighted by Crippen LogP contribution is 2.25. The predicted octanol–water partition coefficient (Wildman–Crippen LogP) is 2.49. The molecule has 5 nitrogen and oxygen atoms in total. The van der Waals surface area contributed by atoms with Crippen LogP contribution in [0, 0.1) is 19.7 Å². The number of carbonyl (C=O) groups excluding carboxylic acids is 2. The highest BCUT2D eigenvalue weighted by atomic mass is 32.1. The van der Waals surface area contributed by atoms with Gasteiger partial charge in [0.1, 0.15) is 11.4 Å². The summed E-state index contributed by atoms with van der Waals surface area (Å²) in [7, 11) is 1.50. The maximum absolute atomic E-state index is 14.1. The molecule has 1 saturated heterocycles. The van der Waals surface area contributed by atoms with Crippen molar-refractivity contribution in [3.8, 4) is 5.69 Å². The van der Waals surface area contributed by atoms with Crippen LogP contribution < -0.4 is 5.32 Å². The van der Waals surface area contributed by atoms with Crippen LogP contribution in [0.2, 0.25) is 0 Å². The van der Waals surface area contributed by atoms with Crippen LogP contribution in [0.25, 0.3) is 11.8 Å². The van der Waals surface area contributed by atoms with Crippen molar-refractivity contribution in [2.75, 3.05) is 7.05 Å². The van der Waals surface area contributed by atoms with Crippen LogP contribution in [0.1, 0.15) is 17.0 Å². The second kappa shape index (κ2) is 6.25. The average Bonchev–Trinajstić information content (AvgIpc) is 2.84. The molecule has 1 aromatic heterocycles. The first-order valence-electron chi connectivity index (χ1n) is 7.60. The summed E-state index contributed by atoms with van der Waals surface area (Å²) in [4.78, 5) is 25.6. The Hall–Kier alpha value is -2.80. The molecule has 0 bridgehead atoms. The molecule has 2 heterocycles. The van der Waals surface area contributed by atoms with Gasteiger partial charge >= 0.3 is 0 Å². The lowest BCUT2D eigenvalue weighted by atomic mass is 10.1. The number of aryl methyl sites for hydroxylation is 1. The van der Waals surface area contributed by atoms with Gasteiger partial charge in [-0.05, 0) is 55.9 Å². The van der Waals surface area contributed by atoms with Crippen molar-refractivity contribution in [1.82, 2.24) is 14.8 Å². The normalized spacial score (nSPS) is 16.6. The van der Waals surface area contributed by atoms with Gasteiger partial charge in [-0.2, -0.15) is 0 Å². The first-order chi connectivity index (χ1) is 11.8. The molecule has 3 rings (SSSR count). The second-order valence-corrected chi connectivity index (χ2v) is 6.18. The van der Waals surface area contributed by atoms with E-state index in [4.69, 9.17) is 12.2 Å². The number of nitrogens with one attached hydrogen (secondary N) is 1. The van der Waals surface area contributed by atoms with E-state index in [0.29, 0.717) is 11.3 Å². The van der Waals surface area contributed by atoms with Gasteiger partial charge in [0.25, 0.3) is 11.8 Å². The summed E-state index contributed by atoms with van der Waals surface area (Å²) in [6.45, 7) is 3.65. The van der Waals surface area contributed by atoms with E-state index < -0.39 is 11.8 Å². The van der Waals surface area contributed by atoms with E-state index in [0.717, 1.165) is 11.4 Å². The Labute approximate surface area is 149 Å². The number of amides is 2. The second-order valence-electron chi connectivity index (χ2n) is 5.79. The van der Waals surface area contributed by atoms with Gasteiger partial charge in [-0.3, -0.25) is 19.8 Å². The monoisotopic (exact) mass is 357 g/mol. The molecule has 1 fully saturated rings. The summed E-state index contributed by atoms with van der Waals surface area (Å²) in [6, 6.07) is 8.25. The molecular weight excluding hydrogens is 341 g/mol. The molecule has 2 amide bonds. The summed E-state index contributed by atoms with van der Waals surface area (Å²) in [5.41, 5.74) is 2.60. The van der Waals surface area contributed by atoms with Crippen LogP contribution in [0.4, 0.5) is 4.39 Å². The number of thiocarbonyl (C=S) groups is 1. The van der Waals surface area contributed by atoms with Crippen LogP contribution in [0.15, 0.2) is 35.9 Å². The molecule has 1 aromatic carbocycles. The third-order valence-corrected chi connectivity index (χ3v) is 4.54. The molecule has 128 valence electrons. The Bertz CT molecular complexity index is 946. The lowest BCUT2D eigenvalue weighted by Gasteiger charge is -2.25. The highest BCUT2D eigenvalue weighted by molar-refractivity contribution is 7.80. The summed E-state index contributed by atoms with van der Waals surface area (Å²) < 4.78 is 15.9. The van der Waals surface area contributed by atoms with Gasteiger partial charge in [0, 0.05) is 18.4 Å². The predicted molar refractivity (Wildman–Crippen MR) is 96.7 cm³/mol. The van der Waals surface area contributed by atoms with Gasteiger partial charge in [0.05, 0.1) is 5.69 Å².